The number of nitrogens with zero attached hydrogens (tertiary/aromatic N) is 4. The maximum absolute atomic E-state index is 14.1. The average Bonchev–Trinajstić information content (AvgIpc) is 3.02. The Labute approximate surface area is 247 Å². The molecule has 3 aromatic rings. The Hall–Kier alpha value is -4.15. The molecule has 0 bridgehead atoms. The van der Waals surface area contributed by atoms with Gasteiger partial charge in [-0.1, -0.05) is 42.8 Å². The molecule has 1 saturated carbocycles. The first-order chi connectivity index (χ1) is 20.4. The van der Waals surface area contributed by atoms with Crippen LogP contribution < -0.4 is 21.3 Å². The SMILES string of the molecule is CN(C)c1ccnc(NC2CCC(N[C@@H](CCCCN)C(=O)N(C(=O)c3ccccc3)C(=O)c3ccccc3)CC2)n1. The van der Waals surface area contributed by atoms with Gasteiger partial charge in [0.1, 0.15) is 5.82 Å². The molecule has 1 aliphatic rings. The fraction of sp³-hybridized carbons (Fsp3) is 0.406. The average molecular weight is 572 g/mol. The number of rotatable bonds is 12. The fourth-order valence-electron chi connectivity index (χ4n) is 5.18. The van der Waals surface area contributed by atoms with Gasteiger partial charge in [-0.2, -0.15) is 4.98 Å². The van der Waals surface area contributed by atoms with Crippen molar-refractivity contribution in [1.82, 2.24) is 20.2 Å². The number of aromatic nitrogens is 2. The maximum Gasteiger partial charge on any atom is 0.267 e. The Morgan fingerprint density at radius 1 is 0.857 bits per heavy atom. The summed E-state index contributed by atoms with van der Waals surface area (Å²) in [5.41, 5.74) is 6.30. The number of amides is 3. The van der Waals surface area contributed by atoms with Gasteiger partial charge in [0.05, 0.1) is 6.04 Å². The molecule has 2 aromatic carbocycles. The molecule has 0 unspecified atom stereocenters. The van der Waals surface area contributed by atoms with Crippen molar-refractivity contribution >= 4 is 29.5 Å². The Morgan fingerprint density at radius 2 is 1.43 bits per heavy atom. The molecule has 0 saturated heterocycles. The van der Waals surface area contributed by atoms with Crippen LogP contribution in [0.4, 0.5) is 11.8 Å². The van der Waals surface area contributed by atoms with E-state index in [0.717, 1.165) is 42.8 Å². The van der Waals surface area contributed by atoms with Crippen LogP contribution in [0.2, 0.25) is 0 Å². The Bertz CT molecular complexity index is 1260. The molecule has 1 atom stereocenters. The minimum atomic E-state index is -0.702. The quantitative estimate of drug-likeness (QED) is 0.219. The van der Waals surface area contributed by atoms with Crippen LogP contribution in [0.15, 0.2) is 72.9 Å². The van der Waals surface area contributed by atoms with Crippen LogP contribution in [0.5, 0.6) is 0 Å². The fourth-order valence-corrected chi connectivity index (χ4v) is 5.18. The first-order valence-corrected chi connectivity index (χ1v) is 14.6. The number of hydrogen-bond acceptors (Lipinski definition) is 9. The van der Waals surface area contributed by atoms with Crippen LogP contribution in [0.25, 0.3) is 0 Å². The molecular weight excluding hydrogens is 530 g/mol. The zero-order chi connectivity index (χ0) is 29.9. The molecule has 42 heavy (non-hydrogen) atoms. The van der Waals surface area contributed by atoms with E-state index in [-0.39, 0.29) is 23.2 Å². The molecule has 0 aliphatic heterocycles. The van der Waals surface area contributed by atoms with Crippen molar-refractivity contribution < 1.29 is 14.4 Å². The molecule has 1 aromatic heterocycles. The van der Waals surface area contributed by atoms with Gasteiger partial charge in [0.2, 0.25) is 5.95 Å². The maximum atomic E-state index is 14.1. The van der Waals surface area contributed by atoms with Gasteiger partial charge in [-0.3, -0.25) is 14.4 Å². The number of nitrogens with two attached hydrogens (primary N) is 1. The monoisotopic (exact) mass is 571 g/mol. The predicted molar refractivity (Wildman–Crippen MR) is 164 cm³/mol. The third-order valence-corrected chi connectivity index (χ3v) is 7.51. The van der Waals surface area contributed by atoms with Crippen LogP contribution in [-0.2, 0) is 4.79 Å². The number of anilines is 2. The van der Waals surface area contributed by atoms with E-state index in [1.165, 1.54) is 0 Å². The summed E-state index contributed by atoms with van der Waals surface area (Å²) in [6.07, 6.45) is 7.04. The summed E-state index contributed by atoms with van der Waals surface area (Å²) < 4.78 is 0. The molecule has 3 amide bonds. The van der Waals surface area contributed by atoms with Crippen LogP contribution >= 0.6 is 0 Å². The largest absolute Gasteiger partial charge is 0.363 e. The summed E-state index contributed by atoms with van der Waals surface area (Å²) in [7, 11) is 3.88. The highest BCUT2D eigenvalue weighted by Gasteiger charge is 2.36. The standard InChI is InChI=1S/C32H41N7O3/c1-38(2)28-20-22-34-32(37-28)36-26-18-16-25(17-19-26)35-27(15-9-10-21-33)31(42)39(29(40)23-11-5-3-6-12-23)30(41)24-13-7-4-8-14-24/h3-8,11-14,20,22,25-27,35H,9-10,15-19,21,33H2,1-2H3,(H,34,36,37)/t25?,26?,27-/m0/s1. The topological polar surface area (TPSA) is 134 Å². The Balaban J connectivity index is 1.48. The van der Waals surface area contributed by atoms with E-state index < -0.39 is 23.8 Å². The highest BCUT2D eigenvalue weighted by atomic mass is 16.2. The summed E-state index contributed by atoms with van der Waals surface area (Å²) in [5, 5.41) is 6.96. The van der Waals surface area contributed by atoms with Crippen LogP contribution in [0.1, 0.15) is 65.7 Å². The summed E-state index contributed by atoms with van der Waals surface area (Å²) in [6, 6.07) is 18.3. The van der Waals surface area contributed by atoms with Gasteiger partial charge in [0.15, 0.2) is 0 Å². The van der Waals surface area contributed by atoms with Gasteiger partial charge in [-0.15, -0.1) is 0 Å². The van der Waals surface area contributed by atoms with E-state index in [9.17, 15) is 14.4 Å². The predicted octanol–water partition coefficient (Wildman–Crippen LogP) is 3.86. The first kappa shape index (κ1) is 30.8. The zero-order valence-corrected chi connectivity index (χ0v) is 24.4. The third-order valence-electron chi connectivity index (χ3n) is 7.51. The van der Waals surface area contributed by atoms with Crippen molar-refractivity contribution in [2.45, 2.75) is 63.1 Å². The van der Waals surface area contributed by atoms with Crippen LogP contribution in [0, 0.1) is 0 Å². The van der Waals surface area contributed by atoms with Gasteiger partial charge >= 0.3 is 0 Å². The Kier molecular flexibility index (Phi) is 11.1. The van der Waals surface area contributed by atoms with Crippen molar-refractivity contribution in [3.8, 4) is 0 Å². The van der Waals surface area contributed by atoms with Gasteiger partial charge in [-0.25, -0.2) is 9.88 Å². The van der Waals surface area contributed by atoms with Crippen molar-refractivity contribution in [2.75, 3.05) is 30.9 Å². The molecular formula is C32H41N7O3. The van der Waals surface area contributed by atoms with E-state index in [1.54, 1.807) is 66.9 Å². The molecule has 1 fully saturated rings. The Morgan fingerprint density at radius 3 is 1.98 bits per heavy atom. The lowest BCUT2D eigenvalue weighted by Gasteiger charge is -2.33. The number of carbonyl (C=O) groups excluding carboxylic acids is 3. The number of imide groups is 3. The van der Waals surface area contributed by atoms with E-state index in [2.05, 4.69) is 20.6 Å². The van der Waals surface area contributed by atoms with E-state index in [0.29, 0.717) is 25.3 Å². The lowest BCUT2D eigenvalue weighted by Crippen LogP contribution is -2.54. The summed E-state index contributed by atoms with van der Waals surface area (Å²) in [6.45, 7) is 0.504. The number of unbranched alkanes of at least 4 members (excludes halogenated alkanes) is 1. The zero-order valence-electron chi connectivity index (χ0n) is 24.4. The van der Waals surface area contributed by atoms with E-state index in [4.69, 9.17) is 5.73 Å². The van der Waals surface area contributed by atoms with Crippen LogP contribution in [-0.4, -0.2) is 71.4 Å². The van der Waals surface area contributed by atoms with Crippen molar-refractivity contribution in [3.63, 3.8) is 0 Å². The second kappa shape index (κ2) is 15.2. The first-order valence-electron chi connectivity index (χ1n) is 14.6. The molecule has 4 rings (SSSR count). The normalized spacial score (nSPS) is 17.2. The minimum Gasteiger partial charge on any atom is -0.363 e. The molecule has 222 valence electrons. The van der Waals surface area contributed by atoms with Gasteiger partial charge in [0, 0.05) is 43.5 Å². The molecule has 0 spiro atoms. The second-order valence-electron chi connectivity index (χ2n) is 10.8. The summed E-state index contributed by atoms with van der Waals surface area (Å²) in [5.74, 6) is -0.368. The lowest BCUT2D eigenvalue weighted by molar-refractivity contribution is -0.129. The van der Waals surface area contributed by atoms with Gasteiger partial charge < -0.3 is 21.3 Å². The summed E-state index contributed by atoms with van der Waals surface area (Å²) in [4.78, 5) is 53.0. The number of hydrogen-bond donors (Lipinski definition) is 3. The number of nitrogens with one attached hydrogen (secondary N) is 2. The molecule has 4 N–H and O–H groups in total. The van der Waals surface area contributed by atoms with E-state index >= 15 is 0 Å². The molecule has 1 heterocycles. The number of carbonyl (C=O) groups is 3. The summed E-state index contributed by atoms with van der Waals surface area (Å²) >= 11 is 0. The van der Waals surface area contributed by atoms with Gasteiger partial charge in [-0.05, 0) is 75.4 Å². The van der Waals surface area contributed by atoms with Gasteiger partial charge in [0.25, 0.3) is 17.7 Å². The molecule has 10 nitrogen and oxygen atoms in total. The number of benzene rings is 2. The highest BCUT2D eigenvalue weighted by molar-refractivity contribution is 6.21. The third kappa shape index (κ3) is 8.20. The molecule has 10 heteroatoms. The molecule has 1 aliphatic carbocycles. The van der Waals surface area contributed by atoms with Crippen molar-refractivity contribution in [3.05, 3.63) is 84.1 Å². The van der Waals surface area contributed by atoms with Crippen LogP contribution in [0.3, 0.4) is 0 Å². The smallest absolute Gasteiger partial charge is 0.267 e. The second-order valence-corrected chi connectivity index (χ2v) is 10.8. The molecule has 0 radical (unpaired) electrons. The lowest BCUT2D eigenvalue weighted by atomic mass is 9.90. The highest BCUT2D eigenvalue weighted by Crippen LogP contribution is 2.23. The van der Waals surface area contributed by atoms with E-state index in [1.807, 2.05) is 25.1 Å². The minimum absolute atomic E-state index is 0.0596. The van der Waals surface area contributed by atoms with Crippen molar-refractivity contribution in [2.24, 2.45) is 5.73 Å². The van der Waals surface area contributed by atoms with Crippen molar-refractivity contribution in [1.29, 1.82) is 0 Å².